The minimum Gasteiger partial charge on any atom is -0.444 e. The molecule has 23 heavy (non-hydrogen) atoms. The molecule has 1 amide bonds. The van der Waals surface area contributed by atoms with Crippen molar-refractivity contribution in [1.82, 2.24) is 16.0 Å². The normalized spacial score (nSPS) is 22.3. The van der Waals surface area contributed by atoms with Gasteiger partial charge in [-0.2, -0.15) is 0 Å². The molecule has 1 aliphatic carbocycles. The summed E-state index contributed by atoms with van der Waals surface area (Å²) in [6.07, 6.45) is 4.02. The maximum atomic E-state index is 11.8. The van der Waals surface area contributed by atoms with E-state index in [9.17, 15) is 4.79 Å². The molecule has 134 valence electrons. The van der Waals surface area contributed by atoms with Gasteiger partial charge in [-0.3, -0.25) is 4.99 Å². The number of hydrogen-bond acceptors (Lipinski definition) is 3. The zero-order valence-corrected chi connectivity index (χ0v) is 15.5. The third-order valence-corrected chi connectivity index (χ3v) is 3.79. The van der Waals surface area contributed by atoms with Gasteiger partial charge >= 0.3 is 6.09 Å². The Morgan fingerprint density at radius 1 is 1.39 bits per heavy atom. The van der Waals surface area contributed by atoms with Crippen molar-refractivity contribution in [2.75, 3.05) is 13.6 Å². The Kier molecular flexibility index (Phi) is 7.65. The zero-order valence-electron chi connectivity index (χ0n) is 15.5. The third-order valence-electron chi connectivity index (χ3n) is 3.79. The van der Waals surface area contributed by atoms with E-state index in [-0.39, 0.29) is 12.1 Å². The molecule has 3 atom stereocenters. The summed E-state index contributed by atoms with van der Waals surface area (Å²) >= 11 is 0. The zero-order chi connectivity index (χ0) is 17.5. The molecule has 0 radical (unpaired) electrons. The van der Waals surface area contributed by atoms with Crippen LogP contribution in [0.2, 0.25) is 0 Å². The summed E-state index contributed by atoms with van der Waals surface area (Å²) in [4.78, 5) is 16.1. The Morgan fingerprint density at radius 3 is 2.52 bits per heavy atom. The number of alkyl carbamates (subject to hydrolysis) is 1. The van der Waals surface area contributed by atoms with Crippen molar-refractivity contribution < 1.29 is 9.53 Å². The lowest BCUT2D eigenvalue weighted by Crippen LogP contribution is -2.49. The first-order valence-electron chi connectivity index (χ1n) is 8.71. The van der Waals surface area contributed by atoms with Gasteiger partial charge in [0.2, 0.25) is 0 Å². The summed E-state index contributed by atoms with van der Waals surface area (Å²) in [5.74, 6) is 1.52. The van der Waals surface area contributed by atoms with E-state index in [0.717, 1.165) is 25.2 Å². The van der Waals surface area contributed by atoms with Crippen LogP contribution in [-0.2, 0) is 4.74 Å². The highest BCUT2D eigenvalue weighted by atomic mass is 16.6. The molecule has 0 aromatic rings. The van der Waals surface area contributed by atoms with E-state index in [2.05, 4.69) is 34.8 Å². The molecule has 1 aliphatic rings. The highest BCUT2D eigenvalue weighted by Crippen LogP contribution is 2.28. The van der Waals surface area contributed by atoms with Gasteiger partial charge in [0.1, 0.15) is 5.60 Å². The molecule has 6 nitrogen and oxygen atoms in total. The predicted octanol–water partition coefficient (Wildman–Crippen LogP) is 2.64. The molecule has 0 aliphatic heterocycles. The summed E-state index contributed by atoms with van der Waals surface area (Å²) in [6, 6.07) is 0.662. The summed E-state index contributed by atoms with van der Waals surface area (Å²) in [7, 11) is 1.78. The number of guanidine groups is 1. The van der Waals surface area contributed by atoms with Crippen LogP contribution >= 0.6 is 0 Å². The highest BCUT2D eigenvalue weighted by Gasteiger charge is 2.33. The quantitative estimate of drug-likeness (QED) is 0.497. The lowest BCUT2D eigenvalue weighted by atomic mass is 10.1. The van der Waals surface area contributed by atoms with Crippen LogP contribution in [0, 0.1) is 5.92 Å². The smallest absolute Gasteiger partial charge is 0.407 e. The molecule has 3 unspecified atom stereocenters. The van der Waals surface area contributed by atoms with Gasteiger partial charge in [0.05, 0.1) is 0 Å². The van der Waals surface area contributed by atoms with Gasteiger partial charge in [-0.15, -0.1) is 0 Å². The molecule has 0 heterocycles. The van der Waals surface area contributed by atoms with Crippen LogP contribution in [0.5, 0.6) is 0 Å². The number of nitrogens with zero attached hydrogens (tertiary/aromatic N) is 1. The van der Waals surface area contributed by atoms with Crippen LogP contribution in [0.25, 0.3) is 0 Å². The lowest BCUT2D eigenvalue weighted by molar-refractivity contribution is 0.0523. The van der Waals surface area contributed by atoms with Crippen LogP contribution in [0.3, 0.4) is 0 Å². The van der Waals surface area contributed by atoms with Crippen molar-refractivity contribution in [2.24, 2.45) is 10.9 Å². The molecule has 3 N–H and O–H groups in total. The van der Waals surface area contributed by atoms with Crippen molar-refractivity contribution in [3.63, 3.8) is 0 Å². The highest BCUT2D eigenvalue weighted by molar-refractivity contribution is 5.80. The molecule has 0 saturated heterocycles. The SMILES string of the molecule is CCCCC(CNC(=O)OC(C)(C)C)NC(=NC)NC1CC1C. The predicted molar refractivity (Wildman–Crippen MR) is 94.7 cm³/mol. The van der Waals surface area contributed by atoms with Crippen molar-refractivity contribution in [3.05, 3.63) is 0 Å². The Bertz CT molecular complexity index is 404. The maximum absolute atomic E-state index is 11.8. The minimum absolute atomic E-state index is 0.141. The second-order valence-corrected chi connectivity index (χ2v) is 7.40. The Labute approximate surface area is 140 Å². The number of unbranched alkanes of at least 4 members (excludes halogenated alkanes) is 1. The topological polar surface area (TPSA) is 74.8 Å². The van der Waals surface area contributed by atoms with Crippen molar-refractivity contribution in [2.45, 2.75) is 78.0 Å². The maximum Gasteiger partial charge on any atom is 0.407 e. The van der Waals surface area contributed by atoms with Crippen molar-refractivity contribution >= 4 is 12.1 Å². The number of rotatable bonds is 7. The van der Waals surface area contributed by atoms with Gasteiger partial charge < -0.3 is 20.7 Å². The molecule has 0 spiro atoms. The van der Waals surface area contributed by atoms with Crippen LogP contribution < -0.4 is 16.0 Å². The van der Waals surface area contributed by atoms with Crippen LogP contribution in [0.15, 0.2) is 4.99 Å². The van der Waals surface area contributed by atoms with E-state index in [1.807, 2.05) is 20.8 Å². The molecule has 1 rings (SSSR count). The fourth-order valence-corrected chi connectivity index (χ4v) is 2.26. The number of ether oxygens (including phenoxy) is 1. The standard InChI is InChI=1S/C17H34N4O2/c1-7-8-9-13(11-19-16(22)23-17(3,4)5)20-15(18-6)21-14-10-12(14)2/h12-14H,7-11H2,1-6H3,(H,19,22)(H2,18,20,21). The summed E-state index contributed by atoms with van der Waals surface area (Å²) in [5, 5.41) is 9.68. The van der Waals surface area contributed by atoms with Gasteiger partial charge in [0, 0.05) is 25.7 Å². The van der Waals surface area contributed by atoms with Crippen molar-refractivity contribution in [3.8, 4) is 0 Å². The minimum atomic E-state index is -0.476. The average Bonchev–Trinajstić information content (AvgIpc) is 3.14. The van der Waals surface area contributed by atoms with Crippen LogP contribution in [0.4, 0.5) is 4.79 Å². The first-order chi connectivity index (χ1) is 10.7. The van der Waals surface area contributed by atoms with Gasteiger partial charge in [-0.1, -0.05) is 26.7 Å². The number of amides is 1. The Morgan fingerprint density at radius 2 is 2.04 bits per heavy atom. The summed E-state index contributed by atoms with van der Waals surface area (Å²) < 4.78 is 5.29. The molecular formula is C17H34N4O2. The van der Waals surface area contributed by atoms with E-state index in [1.165, 1.54) is 6.42 Å². The van der Waals surface area contributed by atoms with Crippen molar-refractivity contribution in [1.29, 1.82) is 0 Å². The molecule has 0 aromatic carbocycles. The number of hydrogen-bond donors (Lipinski definition) is 3. The van der Waals surface area contributed by atoms with E-state index < -0.39 is 5.60 Å². The van der Waals surface area contributed by atoms with Gasteiger partial charge in [0.15, 0.2) is 5.96 Å². The fraction of sp³-hybridized carbons (Fsp3) is 0.882. The summed E-state index contributed by atoms with van der Waals surface area (Å²) in [6.45, 7) is 10.5. The second-order valence-electron chi connectivity index (χ2n) is 7.40. The first kappa shape index (κ1) is 19.6. The van der Waals surface area contributed by atoms with E-state index in [4.69, 9.17) is 4.74 Å². The number of carbonyl (C=O) groups excluding carboxylic acids is 1. The largest absolute Gasteiger partial charge is 0.444 e. The van der Waals surface area contributed by atoms with Gasteiger partial charge in [-0.25, -0.2) is 4.79 Å². The average molecular weight is 326 g/mol. The molecule has 1 saturated carbocycles. The summed E-state index contributed by atoms with van der Waals surface area (Å²) in [5.41, 5.74) is -0.476. The molecule has 0 aromatic heterocycles. The van der Waals surface area contributed by atoms with Gasteiger partial charge in [-0.05, 0) is 39.5 Å². The molecule has 0 bridgehead atoms. The van der Waals surface area contributed by atoms with E-state index in [1.54, 1.807) is 7.05 Å². The number of nitrogens with one attached hydrogen (secondary N) is 3. The van der Waals surface area contributed by atoms with E-state index in [0.29, 0.717) is 18.5 Å². The van der Waals surface area contributed by atoms with Gasteiger partial charge in [0.25, 0.3) is 0 Å². The third kappa shape index (κ3) is 8.67. The number of aliphatic imine (C=N–C) groups is 1. The van der Waals surface area contributed by atoms with Crippen LogP contribution in [0.1, 0.15) is 60.3 Å². The Balaban J connectivity index is 2.45. The first-order valence-corrected chi connectivity index (χ1v) is 8.71. The number of carbonyl (C=O) groups is 1. The van der Waals surface area contributed by atoms with E-state index >= 15 is 0 Å². The lowest BCUT2D eigenvalue weighted by Gasteiger charge is -2.24. The fourth-order valence-electron chi connectivity index (χ4n) is 2.26. The Hall–Kier alpha value is -1.46. The monoisotopic (exact) mass is 326 g/mol. The second kappa shape index (κ2) is 8.99. The molecule has 6 heteroatoms. The van der Waals surface area contributed by atoms with Crippen LogP contribution in [-0.4, -0.2) is 43.3 Å². The molecular weight excluding hydrogens is 292 g/mol. The molecule has 1 fully saturated rings.